The molecule has 0 aliphatic rings. The number of hydrogen-bond donors (Lipinski definition) is 1. The smallest absolute Gasteiger partial charge is 0.119 e. The van der Waals surface area contributed by atoms with Gasteiger partial charge in [-0.25, -0.2) is 0 Å². The second-order valence-electron chi connectivity index (χ2n) is 6.99. The quantitative estimate of drug-likeness (QED) is 0.517. The van der Waals surface area contributed by atoms with Crippen LogP contribution in [-0.4, -0.2) is 26.2 Å². The van der Waals surface area contributed by atoms with Crippen LogP contribution in [0.4, 0.5) is 5.69 Å². The molecule has 0 bridgehead atoms. The Hall–Kier alpha value is -3.20. The van der Waals surface area contributed by atoms with Crippen LogP contribution in [0.1, 0.15) is 22.6 Å². The summed E-state index contributed by atoms with van der Waals surface area (Å²) in [6.45, 7) is 0. The van der Waals surface area contributed by atoms with Crippen LogP contribution >= 0.6 is 0 Å². The topological polar surface area (TPSA) is 28.3 Å². The van der Waals surface area contributed by atoms with Gasteiger partial charge < -0.3 is 14.6 Å². The van der Waals surface area contributed by atoms with Crippen molar-refractivity contribution in [3.05, 3.63) is 95.7 Å². The molecule has 0 saturated heterocycles. The highest BCUT2D eigenvalue weighted by atomic mass is 16.5. The normalized spacial score (nSPS) is 12.1. The molecule has 3 aromatic carbocycles. The number of ether oxygens (including phenoxy) is 1. The molecular weight excluding hydrogens is 332 g/mol. The van der Waals surface area contributed by atoms with Crippen molar-refractivity contribution in [2.45, 2.75) is 5.92 Å². The lowest BCUT2D eigenvalue weighted by molar-refractivity contribution is 0.415. The molecule has 0 saturated carbocycles. The number of hydrogen-bond acceptors (Lipinski definition) is 2. The Bertz CT molecular complexity index is 1030. The predicted molar refractivity (Wildman–Crippen MR) is 113 cm³/mol. The molecule has 1 N–H and O–H groups in total. The van der Waals surface area contributed by atoms with Crippen molar-refractivity contribution in [1.29, 1.82) is 0 Å². The summed E-state index contributed by atoms with van der Waals surface area (Å²) in [5, 5.41) is 1.19. The number of fused-ring (bicyclic) bond motifs is 1. The van der Waals surface area contributed by atoms with Crippen molar-refractivity contribution in [2.75, 3.05) is 26.1 Å². The summed E-state index contributed by atoms with van der Waals surface area (Å²) >= 11 is 0. The number of rotatable bonds is 5. The highest BCUT2D eigenvalue weighted by molar-refractivity contribution is 5.86. The number of H-pyrrole nitrogens is 1. The number of nitrogens with zero attached hydrogens (tertiary/aromatic N) is 1. The first-order valence-electron chi connectivity index (χ1n) is 9.14. The van der Waals surface area contributed by atoms with Crippen LogP contribution in [0, 0.1) is 0 Å². The van der Waals surface area contributed by atoms with Gasteiger partial charge in [0.2, 0.25) is 0 Å². The van der Waals surface area contributed by atoms with E-state index in [1.165, 1.54) is 27.8 Å². The van der Waals surface area contributed by atoms with E-state index in [0.29, 0.717) is 0 Å². The van der Waals surface area contributed by atoms with E-state index in [4.69, 9.17) is 4.74 Å². The molecule has 0 fully saturated rings. The molecule has 0 spiro atoms. The molecule has 0 aliphatic carbocycles. The van der Waals surface area contributed by atoms with Gasteiger partial charge in [-0.1, -0.05) is 42.5 Å². The Morgan fingerprint density at radius 1 is 0.852 bits per heavy atom. The van der Waals surface area contributed by atoms with Gasteiger partial charge in [0.1, 0.15) is 5.75 Å². The molecule has 0 amide bonds. The fourth-order valence-corrected chi connectivity index (χ4v) is 3.65. The highest BCUT2D eigenvalue weighted by Gasteiger charge is 2.20. The van der Waals surface area contributed by atoms with E-state index < -0.39 is 0 Å². The van der Waals surface area contributed by atoms with Gasteiger partial charge in [-0.15, -0.1) is 0 Å². The van der Waals surface area contributed by atoms with Crippen molar-refractivity contribution in [2.24, 2.45) is 0 Å². The van der Waals surface area contributed by atoms with E-state index in [2.05, 4.69) is 96.9 Å². The van der Waals surface area contributed by atoms with E-state index in [0.717, 1.165) is 11.3 Å². The first-order chi connectivity index (χ1) is 13.2. The van der Waals surface area contributed by atoms with Gasteiger partial charge in [-0.05, 0) is 47.0 Å². The fourth-order valence-electron chi connectivity index (χ4n) is 3.65. The average Bonchev–Trinajstić information content (AvgIpc) is 3.12. The minimum Gasteiger partial charge on any atom is -0.497 e. The molecule has 136 valence electrons. The molecule has 4 aromatic rings. The summed E-state index contributed by atoms with van der Waals surface area (Å²) in [5.41, 5.74) is 6.13. The van der Waals surface area contributed by atoms with Crippen LogP contribution in [0.2, 0.25) is 0 Å². The SMILES string of the molecule is COc1ccc2[nH]cc(C(c3ccccc3)c3ccc(N(C)C)cc3)c2c1. The Morgan fingerprint density at radius 3 is 2.22 bits per heavy atom. The van der Waals surface area contributed by atoms with Crippen molar-refractivity contribution < 1.29 is 4.74 Å². The summed E-state index contributed by atoms with van der Waals surface area (Å²) in [5.74, 6) is 1.03. The van der Waals surface area contributed by atoms with Crippen molar-refractivity contribution in [3.63, 3.8) is 0 Å². The molecule has 27 heavy (non-hydrogen) atoms. The van der Waals surface area contributed by atoms with Crippen molar-refractivity contribution in [3.8, 4) is 5.75 Å². The molecule has 3 heteroatoms. The van der Waals surface area contributed by atoms with E-state index >= 15 is 0 Å². The summed E-state index contributed by atoms with van der Waals surface area (Å²) in [6, 6.07) is 25.7. The van der Waals surface area contributed by atoms with Gasteiger partial charge in [0.25, 0.3) is 0 Å². The third kappa shape index (κ3) is 3.28. The summed E-state index contributed by atoms with van der Waals surface area (Å²) in [4.78, 5) is 5.55. The van der Waals surface area contributed by atoms with E-state index in [9.17, 15) is 0 Å². The van der Waals surface area contributed by atoms with Crippen molar-refractivity contribution in [1.82, 2.24) is 4.98 Å². The zero-order valence-electron chi connectivity index (χ0n) is 15.9. The Balaban J connectivity index is 1.89. The predicted octanol–water partition coefficient (Wildman–Crippen LogP) is 5.42. The molecule has 0 aliphatic heterocycles. The molecule has 1 aromatic heterocycles. The van der Waals surface area contributed by atoms with Crippen LogP contribution in [0.3, 0.4) is 0 Å². The van der Waals surface area contributed by atoms with Gasteiger partial charge in [-0.3, -0.25) is 0 Å². The number of benzene rings is 3. The lowest BCUT2D eigenvalue weighted by Crippen LogP contribution is -2.09. The van der Waals surface area contributed by atoms with E-state index in [1.807, 2.05) is 6.07 Å². The number of aromatic nitrogens is 1. The molecule has 1 unspecified atom stereocenters. The summed E-state index contributed by atoms with van der Waals surface area (Å²) in [6.07, 6.45) is 2.13. The van der Waals surface area contributed by atoms with Gasteiger partial charge in [0.05, 0.1) is 7.11 Å². The maximum Gasteiger partial charge on any atom is 0.119 e. The Labute approximate surface area is 160 Å². The van der Waals surface area contributed by atoms with Crippen LogP contribution in [0.25, 0.3) is 10.9 Å². The van der Waals surface area contributed by atoms with E-state index in [-0.39, 0.29) is 5.92 Å². The van der Waals surface area contributed by atoms with E-state index in [1.54, 1.807) is 7.11 Å². The molecule has 4 rings (SSSR count). The standard InChI is InChI=1S/C24H24N2O/c1-26(2)19-11-9-18(10-12-19)24(17-7-5-4-6-8-17)22-16-25-23-14-13-20(27-3)15-21(22)23/h4-16,24-25H,1-3H3. The number of aromatic amines is 1. The first-order valence-corrected chi connectivity index (χ1v) is 9.14. The van der Waals surface area contributed by atoms with Crippen molar-refractivity contribution >= 4 is 16.6 Å². The maximum absolute atomic E-state index is 5.46. The molecule has 1 heterocycles. The first kappa shape index (κ1) is 17.2. The summed E-state index contributed by atoms with van der Waals surface area (Å²) in [7, 11) is 5.84. The Morgan fingerprint density at radius 2 is 1.56 bits per heavy atom. The van der Waals surface area contributed by atoms with Gasteiger partial charge >= 0.3 is 0 Å². The number of nitrogens with one attached hydrogen (secondary N) is 1. The van der Waals surface area contributed by atoms with Crippen LogP contribution in [0.5, 0.6) is 5.75 Å². The largest absolute Gasteiger partial charge is 0.497 e. The second kappa shape index (κ2) is 7.20. The molecular formula is C24H24N2O. The monoisotopic (exact) mass is 356 g/mol. The minimum atomic E-state index is 0.156. The third-order valence-electron chi connectivity index (χ3n) is 5.11. The van der Waals surface area contributed by atoms with Crippen LogP contribution in [-0.2, 0) is 0 Å². The third-order valence-corrected chi connectivity index (χ3v) is 5.11. The minimum absolute atomic E-state index is 0.156. The van der Waals surface area contributed by atoms with Crippen LogP contribution < -0.4 is 9.64 Å². The van der Waals surface area contributed by atoms with Crippen LogP contribution in [0.15, 0.2) is 79.0 Å². The molecule has 0 radical (unpaired) electrons. The highest BCUT2D eigenvalue weighted by Crippen LogP contribution is 2.37. The number of methoxy groups -OCH3 is 1. The Kier molecular flexibility index (Phi) is 4.59. The van der Waals surface area contributed by atoms with Gasteiger partial charge in [0, 0.05) is 42.8 Å². The number of anilines is 1. The average molecular weight is 356 g/mol. The lowest BCUT2D eigenvalue weighted by atomic mass is 9.85. The van der Waals surface area contributed by atoms with Gasteiger partial charge in [-0.2, -0.15) is 0 Å². The fraction of sp³-hybridized carbons (Fsp3) is 0.167. The molecule has 3 nitrogen and oxygen atoms in total. The summed E-state index contributed by atoms with van der Waals surface area (Å²) < 4.78 is 5.46. The van der Waals surface area contributed by atoms with Gasteiger partial charge in [0.15, 0.2) is 0 Å². The zero-order chi connectivity index (χ0) is 18.8. The second-order valence-corrected chi connectivity index (χ2v) is 6.99. The zero-order valence-corrected chi connectivity index (χ0v) is 15.9. The lowest BCUT2D eigenvalue weighted by Gasteiger charge is -2.20. The molecule has 1 atom stereocenters. The maximum atomic E-state index is 5.46.